The average Bonchev–Trinajstić information content (AvgIpc) is 2.19. The topological polar surface area (TPSA) is 24.6 Å². The third kappa shape index (κ3) is 4.19. The zero-order valence-electron chi connectivity index (χ0n) is 9.30. The number of thioether (sulfide) groups is 1. The van der Waals surface area contributed by atoms with Crippen LogP contribution < -0.4 is 0 Å². The molecule has 17 heavy (non-hydrogen) atoms. The van der Waals surface area contributed by atoms with Crippen molar-refractivity contribution < 1.29 is 18.3 Å². The maximum Gasteiger partial charge on any atom is 0.520 e. The average molecular weight is 262 g/mol. The molecule has 0 heterocycles. The summed E-state index contributed by atoms with van der Waals surface area (Å²) in [4.78, 5) is 4.07. The molecule has 1 N–H and O–H groups in total. The number of hydrogen-bond acceptors (Lipinski definition) is 2. The fourth-order valence-corrected chi connectivity index (χ4v) is 2.11. The summed E-state index contributed by atoms with van der Waals surface area (Å²) < 4.78 is 36.3. The molecular weight excluding hydrogens is 251 g/mol. The molecule has 0 spiro atoms. The summed E-state index contributed by atoms with van der Waals surface area (Å²) in [5.41, 5.74) is 1.96. The Morgan fingerprint density at radius 3 is 2.47 bits per heavy atom. The largest absolute Gasteiger partial charge is 0.520 e. The summed E-state index contributed by atoms with van der Waals surface area (Å²) in [7, 11) is 0. The number of halogens is 3. The van der Waals surface area contributed by atoms with Gasteiger partial charge in [0, 0.05) is 21.4 Å². The molecule has 1 aromatic rings. The molecule has 0 amide bonds. The zero-order chi connectivity index (χ0) is 13.1. The van der Waals surface area contributed by atoms with Crippen LogP contribution in [0.2, 0.25) is 0 Å². The van der Waals surface area contributed by atoms with E-state index in [2.05, 4.69) is 4.85 Å². The molecule has 0 atom stereocenters. The van der Waals surface area contributed by atoms with Crippen molar-refractivity contribution in [3.8, 4) is 6.26 Å². The first-order chi connectivity index (χ1) is 7.83. The quantitative estimate of drug-likeness (QED) is 0.636. The molecule has 0 unspecified atom stereocenters. The van der Waals surface area contributed by atoms with Crippen molar-refractivity contribution in [2.45, 2.75) is 24.9 Å². The first kappa shape index (κ1) is 13.7. The number of aliphatic hydroxyl groups excluding tert-OH is 1. The lowest BCUT2D eigenvalue weighted by Gasteiger charge is -2.07. The van der Waals surface area contributed by atoms with Gasteiger partial charge in [-0.1, -0.05) is 0 Å². The molecule has 0 aliphatic heterocycles. The van der Waals surface area contributed by atoms with Gasteiger partial charge >= 0.3 is 18.1 Å². The van der Waals surface area contributed by atoms with Gasteiger partial charge in [-0.15, -0.1) is 11.8 Å². The van der Waals surface area contributed by atoms with Gasteiger partial charge < -0.3 is 5.11 Å². The molecule has 0 aliphatic rings. The summed E-state index contributed by atoms with van der Waals surface area (Å²) >= 11 is 0.708. The van der Waals surface area contributed by atoms with E-state index >= 15 is 0 Å². The van der Waals surface area contributed by atoms with Crippen LogP contribution in [0.4, 0.5) is 18.9 Å². The van der Waals surface area contributed by atoms with Crippen molar-refractivity contribution in [3.63, 3.8) is 0 Å². The maximum atomic E-state index is 12.1. The number of hydrogen-bond donors (Lipinski definition) is 1. The highest BCUT2D eigenvalue weighted by Crippen LogP contribution is 2.33. The Bertz CT molecular complexity index is 474. The number of benzene rings is 1. The molecule has 0 saturated heterocycles. The van der Waals surface area contributed by atoms with Gasteiger partial charge in [-0.3, -0.25) is 0 Å². The SMILES string of the molecule is Cc1cc(C)c(SCC(F)(F)F)cc1[N+]#CO. The van der Waals surface area contributed by atoms with Gasteiger partial charge in [0.2, 0.25) is 0 Å². The van der Waals surface area contributed by atoms with Crippen LogP contribution in [-0.4, -0.2) is 17.0 Å². The first-order valence-corrected chi connectivity index (χ1v) is 5.72. The number of nitrogens with zero attached hydrogens (tertiary/aromatic N) is 1. The Hall–Kier alpha value is -1.35. The van der Waals surface area contributed by atoms with E-state index in [-0.39, 0.29) is 0 Å². The summed E-state index contributed by atoms with van der Waals surface area (Å²) in [6.07, 6.45) is -2.56. The van der Waals surface area contributed by atoms with Crippen LogP contribution in [-0.2, 0) is 0 Å². The second-order valence-corrected chi connectivity index (χ2v) is 4.54. The Kier molecular flexibility index (Phi) is 4.29. The lowest BCUT2D eigenvalue weighted by atomic mass is 10.1. The second-order valence-electron chi connectivity index (χ2n) is 3.52. The molecule has 0 aliphatic carbocycles. The van der Waals surface area contributed by atoms with E-state index in [4.69, 9.17) is 5.11 Å². The minimum Gasteiger partial charge on any atom is -0.408 e. The highest BCUT2D eigenvalue weighted by molar-refractivity contribution is 7.99. The third-order valence-electron chi connectivity index (χ3n) is 2.06. The normalized spacial score (nSPS) is 10.9. The summed E-state index contributed by atoms with van der Waals surface area (Å²) in [5, 5.41) is 8.46. The number of aliphatic hydroxyl groups is 1. The minimum atomic E-state index is -4.20. The molecule has 2 nitrogen and oxygen atoms in total. The molecule has 0 fully saturated rings. The number of alkyl halides is 3. The minimum absolute atomic E-state index is 0.419. The van der Waals surface area contributed by atoms with Crippen LogP contribution in [0.5, 0.6) is 0 Å². The van der Waals surface area contributed by atoms with Gasteiger partial charge in [0.1, 0.15) is 0 Å². The van der Waals surface area contributed by atoms with E-state index in [1.165, 1.54) is 6.07 Å². The van der Waals surface area contributed by atoms with E-state index < -0.39 is 11.9 Å². The first-order valence-electron chi connectivity index (χ1n) is 4.74. The van der Waals surface area contributed by atoms with Gasteiger partial charge in [-0.2, -0.15) is 13.2 Å². The van der Waals surface area contributed by atoms with Gasteiger partial charge in [0.25, 0.3) is 0 Å². The lowest BCUT2D eigenvalue weighted by molar-refractivity contribution is -0.105. The lowest BCUT2D eigenvalue weighted by Crippen LogP contribution is -2.10. The second kappa shape index (κ2) is 5.32. The van der Waals surface area contributed by atoms with E-state index in [0.29, 0.717) is 22.3 Å². The Labute approximate surface area is 101 Å². The Balaban J connectivity index is 2.98. The fraction of sp³-hybridized carbons (Fsp3) is 0.364. The molecule has 0 saturated carbocycles. The molecule has 6 heteroatoms. The van der Waals surface area contributed by atoms with Crippen LogP contribution in [0.25, 0.3) is 4.85 Å². The van der Waals surface area contributed by atoms with Gasteiger partial charge in [0.15, 0.2) is 0 Å². The van der Waals surface area contributed by atoms with Crippen molar-refractivity contribution in [2.24, 2.45) is 0 Å². The third-order valence-corrected chi connectivity index (χ3v) is 3.28. The van der Waals surface area contributed by atoms with Crippen molar-refractivity contribution in [2.75, 3.05) is 5.75 Å². The van der Waals surface area contributed by atoms with Gasteiger partial charge in [-0.25, -0.2) is 0 Å². The molecule has 1 aromatic carbocycles. The van der Waals surface area contributed by atoms with Crippen LogP contribution in [0.3, 0.4) is 0 Å². The highest BCUT2D eigenvalue weighted by Gasteiger charge is 2.28. The van der Waals surface area contributed by atoms with Gasteiger partial charge in [0.05, 0.1) is 5.75 Å². The van der Waals surface area contributed by atoms with Crippen molar-refractivity contribution in [3.05, 3.63) is 28.1 Å². The number of aryl methyl sites for hydroxylation is 2. The standard InChI is InChI=1S/C11H10F3NOS/c1-7-3-8(2)10(4-9(7)15-6-16)17-5-11(12,13)14/h3-4H,5H2,1-2H3/p+1. The summed E-state index contributed by atoms with van der Waals surface area (Å²) in [6.45, 7) is 3.50. The van der Waals surface area contributed by atoms with E-state index in [1.54, 1.807) is 26.2 Å². The summed E-state index contributed by atoms with van der Waals surface area (Å²) in [5.74, 6) is -0.942. The predicted molar refractivity (Wildman–Crippen MR) is 61.5 cm³/mol. The molecule has 92 valence electrons. The van der Waals surface area contributed by atoms with Crippen molar-refractivity contribution >= 4 is 17.4 Å². The van der Waals surface area contributed by atoms with Gasteiger partial charge in [-0.05, 0) is 25.5 Å². The zero-order valence-corrected chi connectivity index (χ0v) is 10.1. The molecule has 0 aromatic heterocycles. The summed E-state index contributed by atoms with van der Waals surface area (Å²) in [6, 6.07) is 3.25. The molecule has 0 bridgehead atoms. The van der Waals surface area contributed by atoms with E-state index in [9.17, 15) is 13.2 Å². The van der Waals surface area contributed by atoms with Crippen LogP contribution in [0, 0.1) is 20.1 Å². The van der Waals surface area contributed by atoms with Crippen molar-refractivity contribution in [1.29, 1.82) is 0 Å². The van der Waals surface area contributed by atoms with E-state index in [0.717, 1.165) is 11.1 Å². The van der Waals surface area contributed by atoms with Crippen LogP contribution >= 0.6 is 11.8 Å². The molecular formula is C11H11F3NOS+. The van der Waals surface area contributed by atoms with Crippen LogP contribution in [0.15, 0.2) is 17.0 Å². The predicted octanol–water partition coefficient (Wildman–Crippen LogP) is 4.25. The Morgan fingerprint density at radius 2 is 1.94 bits per heavy atom. The maximum absolute atomic E-state index is 12.1. The monoisotopic (exact) mass is 262 g/mol. The van der Waals surface area contributed by atoms with Crippen molar-refractivity contribution in [1.82, 2.24) is 0 Å². The Morgan fingerprint density at radius 1 is 1.29 bits per heavy atom. The smallest absolute Gasteiger partial charge is 0.408 e. The van der Waals surface area contributed by atoms with Crippen LogP contribution in [0.1, 0.15) is 11.1 Å². The van der Waals surface area contributed by atoms with E-state index in [1.807, 2.05) is 0 Å². The number of rotatable bonds is 2. The molecule has 1 rings (SSSR count). The highest BCUT2D eigenvalue weighted by atomic mass is 32.2. The fourth-order valence-electron chi connectivity index (χ4n) is 1.31. The molecule has 0 radical (unpaired) electrons.